The third-order valence-corrected chi connectivity index (χ3v) is 4.30. The van der Waals surface area contributed by atoms with Crippen molar-refractivity contribution >= 4 is 31.6 Å². The van der Waals surface area contributed by atoms with Gasteiger partial charge in [0.15, 0.2) is 0 Å². The Bertz CT molecular complexity index is 638. The molecule has 0 bridgehead atoms. The fourth-order valence-corrected chi connectivity index (χ4v) is 2.96. The number of aromatic amines is 1. The van der Waals surface area contributed by atoms with Crippen LogP contribution in [0.25, 0.3) is 0 Å². The SMILES string of the molecule is CCc1cc(Br)ccc1NS(=O)(=O)c1cn[nH]c1. The summed E-state index contributed by atoms with van der Waals surface area (Å²) in [7, 11) is -3.57. The lowest BCUT2D eigenvalue weighted by Crippen LogP contribution is -2.13. The summed E-state index contributed by atoms with van der Waals surface area (Å²) in [6, 6.07) is 5.43. The quantitative estimate of drug-likeness (QED) is 0.905. The van der Waals surface area contributed by atoms with E-state index < -0.39 is 10.0 Å². The molecule has 2 N–H and O–H groups in total. The predicted octanol–water partition coefficient (Wildman–Crippen LogP) is 2.54. The monoisotopic (exact) mass is 329 g/mol. The van der Waals surface area contributed by atoms with Crippen LogP contribution in [0.3, 0.4) is 0 Å². The van der Waals surface area contributed by atoms with Gasteiger partial charge in [-0.05, 0) is 30.2 Å². The van der Waals surface area contributed by atoms with Crippen molar-refractivity contribution in [2.45, 2.75) is 18.2 Å². The van der Waals surface area contributed by atoms with Gasteiger partial charge in [-0.1, -0.05) is 22.9 Å². The van der Waals surface area contributed by atoms with Gasteiger partial charge in [0.25, 0.3) is 10.0 Å². The number of anilines is 1. The van der Waals surface area contributed by atoms with Crippen LogP contribution in [0.1, 0.15) is 12.5 Å². The first kappa shape index (κ1) is 13.1. The van der Waals surface area contributed by atoms with Crippen LogP contribution in [-0.4, -0.2) is 18.6 Å². The molecule has 0 aliphatic carbocycles. The van der Waals surface area contributed by atoms with Crippen molar-refractivity contribution in [3.05, 3.63) is 40.6 Å². The number of hydrogen-bond acceptors (Lipinski definition) is 3. The molecule has 0 amide bonds. The van der Waals surface area contributed by atoms with Gasteiger partial charge < -0.3 is 0 Å². The lowest BCUT2D eigenvalue weighted by Gasteiger charge is -2.10. The predicted molar refractivity (Wildman–Crippen MR) is 72.9 cm³/mol. The van der Waals surface area contributed by atoms with Crippen molar-refractivity contribution in [1.29, 1.82) is 0 Å². The summed E-state index contributed by atoms with van der Waals surface area (Å²) in [4.78, 5) is 0.118. The van der Waals surface area contributed by atoms with Gasteiger partial charge in [0, 0.05) is 10.7 Å². The average molecular weight is 330 g/mol. The smallest absolute Gasteiger partial charge is 0.265 e. The Labute approximate surface area is 114 Å². The molecule has 1 aromatic heterocycles. The Morgan fingerprint density at radius 3 is 2.83 bits per heavy atom. The zero-order valence-corrected chi connectivity index (χ0v) is 12.0. The molecule has 0 unspecified atom stereocenters. The van der Waals surface area contributed by atoms with E-state index in [0.29, 0.717) is 5.69 Å². The van der Waals surface area contributed by atoms with Crippen molar-refractivity contribution in [1.82, 2.24) is 10.2 Å². The molecule has 1 aromatic carbocycles. The van der Waals surface area contributed by atoms with E-state index in [1.54, 1.807) is 12.1 Å². The second-order valence-corrected chi connectivity index (χ2v) is 6.29. The van der Waals surface area contributed by atoms with Crippen molar-refractivity contribution in [3.8, 4) is 0 Å². The maximum Gasteiger partial charge on any atom is 0.265 e. The molecule has 1 heterocycles. The Hall–Kier alpha value is -1.34. The van der Waals surface area contributed by atoms with E-state index in [-0.39, 0.29) is 4.90 Å². The number of aromatic nitrogens is 2. The second-order valence-electron chi connectivity index (χ2n) is 3.69. The Kier molecular flexibility index (Phi) is 3.72. The second kappa shape index (κ2) is 5.11. The van der Waals surface area contributed by atoms with Crippen molar-refractivity contribution < 1.29 is 8.42 Å². The van der Waals surface area contributed by atoms with Crippen LogP contribution < -0.4 is 4.72 Å². The summed E-state index contributed by atoms with van der Waals surface area (Å²) in [5, 5.41) is 6.12. The van der Waals surface area contributed by atoms with Crippen molar-refractivity contribution in [3.63, 3.8) is 0 Å². The number of hydrogen-bond donors (Lipinski definition) is 2. The van der Waals surface area contributed by atoms with Gasteiger partial charge in [0.05, 0.1) is 11.9 Å². The molecule has 96 valence electrons. The Morgan fingerprint density at radius 2 is 2.22 bits per heavy atom. The van der Waals surface area contributed by atoms with E-state index in [1.807, 2.05) is 13.0 Å². The third-order valence-electron chi connectivity index (χ3n) is 2.48. The largest absolute Gasteiger partial charge is 0.284 e. The number of rotatable bonds is 4. The highest BCUT2D eigenvalue weighted by atomic mass is 79.9. The van der Waals surface area contributed by atoms with Crippen LogP contribution in [0.5, 0.6) is 0 Å². The van der Waals surface area contributed by atoms with Gasteiger partial charge in [-0.3, -0.25) is 9.82 Å². The van der Waals surface area contributed by atoms with E-state index >= 15 is 0 Å². The maximum absolute atomic E-state index is 12.0. The Balaban J connectivity index is 2.35. The number of halogens is 1. The van der Waals surface area contributed by atoms with E-state index in [4.69, 9.17) is 0 Å². The molecule has 0 atom stereocenters. The van der Waals surface area contributed by atoms with E-state index in [9.17, 15) is 8.42 Å². The fourth-order valence-electron chi connectivity index (χ4n) is 1.54. The van der Waals surface area contributed by atoms with Crippen molar-refractivity contribution in [2.24, 2.45) is 0 Å². The highest BCUT2D eigenvalue weighted by Crippen LogP contribution is 2.24. The summed E-state index contributed by atoms with van der Waals surface area (Å²) < 4.78 is 27.5. The molecule has 2 rings (SSSR count). The first-order valence-corrected chi connectivity index (χ1v) is 7.60. The van der Waals surface area contributed by atoms with Crippen LogP contribution in [0, 0.1) is 0 Å². The number of nitrogens with zero attached hydrogens (tertiary/aromatic N) is 1. The summed E-state index contributed by atoms with van der Waals surface area (Å²) in [5.74, 6) is 0. The zero-order chi connectivity index (χ0) is 13.2. The minimum Gasteiger partial charge on any atom is -0.284 e. The molecule has 5 nitrogen and oxygen atoms in total. The topological polar surface area (TPSA) is 74.8 Å². The summed E-state index contributed by atoms with van der Waals surface area (Å²) in [6.07, 6.45) is 3.35. The molecule has 0 spiro atoms. The van der Waals surface area contributed by atoms with Gasteiger partial charge >= 0.3 is 0 Å². The lowest BCUT2D eigenvalue weighted by atomic mass is 10.1. The van der Waals surface area contributed by atoms with Crippen molar-refractivity contribution in [2.75, 3.05) is 4.72 Å². The standard InChI is InChI=1S/C11H12BrN3O2S/c1-2-8-5-9(12)3-4-11(8)15-18(16,17)10-6-13-14-7-10/h3-7,15H,2H2,1H3,(H,13,14). The van der Waals surface area contributed by atoms with Gasteiger partial charge in [0.1, 0.15) is 4.90 Å². The molecule has 0 radical (unpaired) electrons. The molecule has 18 heavy (non-hydrogen) atoms. The summed E-state index contributed by atoms with van der Waals surface area (Å²) >= 11 is 3.36. The lowest BCUT2D eigenvalue weighted by molar-refractivity contribution is 0.601. The molecule has 0 aliphatic heterocycles. The first-order valence-electron chi connectivity index (χ1n) is 5.33. The number of sulfonamides is 1. The fraction of sp³-hybridized carbons (Fsp3) is 0.182. The van der Waals surface area contributed by atoms with Crippen LogP contribution in [0.4, 0.5) is 5.69 Å². The molecule has 2 aromatic rings. The van der Waals surface area contributed by atoms with Gasteiger partial charge in [-0.15, -0.1) is 0 Å². The minimum absolute atomic E-state index is 0.118. The number of aryl methyl sites for hydroxylation is 1. The van der Waals surface area contributed by atoms with Crippen LogP contribution in [0.2, 0.25) is 0 Å². The number of benzene rings is 1. The highest BCUT2D eigenvalue weighted by Gasteiger charge is 2.16. The molecule has 0 aliphatic rings. The number of H-pyrrole nitrogens is 1. The molecule has 7 heteroatoms. The van der Waals surface area contributed by atoms with Crippen LogP contribution in [0.15, 0.2) is 40.0 Å². The summed E-state index contributed by atoms with van der Waals surface area (Å²) in [6.45, 7) is 1.97. The Morgan fingerprint density at radius 1 is 1.44 bits per heavy atom. The third kappa shape index (κ3) is 2.73. The normalized spacial score (nSPS) is 11.4. The minimum atomic E-state index is -3.57. The van der Waals surface area contributed by atoms with Gasteiger partial charge in [0.2, 0.25) is 0 Å². The number of nitrogens with one attached hydrogen (secondary N) is 2. The molecule has 0 saturated carbocycles. The molecular formula is C11H12BrN3O2S. The molecular weight excluding hydrogens is 318 g/mol. The van der Waals surface area contributed by atoms with Crippen LogP contribution >= 0.6 is 15.9 Å². The molecule has 0 saturated heterocycles. The summed E-state index contributed by atoms with van der Waals surface area (Å²) in [5.41, 5.74) is 1.51. The average Bonchev–Trinajstić information content (AvgIpc) is 2.85. The maximum atomic E-state index is 12.0. The van der Waals surface area contributed by atoms with Crippen LogP contribution in [-0.2, 0) is 16.4 Å². The van der Waals surface area contributed by atoms with E-state index in [2.05, 4.69) is 30.8 Å². The molecule has 0 fully saturated rings. The highest BCUT2D eigenvalue weighted by molar-refractivity contribution is 9.10. The first-order chi connectivity index (χ1) is 8.53. The van der Waals surface area contributed by atoms with E-state index in [1.165, 1.54) is 12.4 Å². The zero-order valence-electron chi connectivity index (χ0n) is 9.64. The van der Waals surface area contributed by atoms with Gasteiger partial charge in [-0.25, -0.2) is 8.42 Å². The van der Waals surface area contributed by atoms with E-state index in [0.717, 1.165) is 16.5 Å². The van der Waals surface area contributed by atoms with Gasteiger partial charge in [-0.2, -0.15) is 5.10 Å².